The number of aromatic nitrogens is 2. The third-order valence-corrected chi connectivity index (χ3v) is 2.25. The molecule has 0 aromatic carbocycles. The maximum Gasteiger partial charge on any atom is 0.225 e. The van der Waals surface area contributed by atoms with E-state index in [0.29, 0.717) is 18.1 Å². The van der Waals surface area contributed by atoms with E-state index in [-0.39, 0.29) is 18.6 Å². The number of hydrogen-bond acceptors (Lipinski definition) is 6. The molecule has 0 saturated carbocycles. The van der Waals surface area contributed by atoms with Crippen LogP contribution in [-0.4, -0.2) is 34.8 Å². The molecule has 1 aromatic heterocycles. The molecule has 0 saturated heterocycles. The molecule has 1 heterocycles. The zero-order valence-corrected chi connectivity index (χ0v) is 9.60. The second-order valence-electron chi connectivity index (χ2n) is 3.42. The number of aliphatic hydroxyl groups excluding tert-OH is 1. The van der Waals surface area contributed by atoms with Crippen molar-refractivity contribution >= 4 is 11.8 Å². The van der Waals surface area contributed by atoms with E-state index in [1.165, 1.54) is 7.11 Å². The molecule has 0 bridgehead atoms. The fourth-order valence-corrected chi connectivity index (χ4v) is 1.36. The molecule has 0 amide bonds. The summed E-state index contributed by atoms with van der Waals surface area (Å²) >= 11 is 0. The van der Waals surface area contributed by atoms with Gasteiger partial charge in [-0.05, 0) is 12.8 Å². The number of rotatable bonds is 6. The van der Waals surface area contributed by atoms with Crippen molar-refractivity contribution in [3.63, 3.8) is 0 Å². The zero-order valence-electron chi connectivity index (χ0n) is 9.60. The minimum Gasteiger partial charge on any atom is -0.481 e. The van der Waals surface area contributed by atoms with E-state index in [4.69, 9.17) is 15.6 Å². The molecule has 1 atom stereocenters. The smallest absolute Gasteiger partial charge is 0.225 e. The summed E-state index contributed by atoms with van der Waals surface area (Å²) in [6.07, 6.45) is 1.56. The topological polar surface area (TPSA) is 93.3 Å². The van der Waals surface area contributed by atoms with E-state index in [1.807, 2.05) is 6.92 Å². The van der Waals surface area contributed by atoms with Gasteiger partial charge in [-0.2, -0.15) is 9.97 Å². The number of ether oxygens (including phenoxy) is 1. The number of nitrogens with one attached hydrogen (secondary N) is 1. The van der Waals surface area contributed by atoms with Crippen LogP contribution in [0.1, 0.15) is 19.8 Å². The van der Waals surface area contributed by atoms with Crippen molar-refractivity contribution in [1.29, 1.82) is 0 Å². The molecule has 1 aromatic rings. The predicted octanol–water partition coefficient (Wildman–Crippen LogP) is 0.640. The Morgan fingerprint density at radius 2 is 2.31 bits per heavy atom. The monoisotopic (exact) mass is 226 g/mol. The van der Waals surface area contributed by atoms with Gasteiger partial charge in [0.1, 0.15) is 5.82 Å². The first kappa shape index (κ1) is 12.5. The Hall–Kier alpha value is -1.56. The fourth-order valence-electron chi connectivity index (χ4n) is 1.36. The Bertz CT molecular complexity index is 333. The van der Waals surface area contributed by atoms with Gasteiger partial charge >= 0.3 is 0 Å². The van der Waals surface area contributed by atoms with Crippen molar-refractivity contribution in [2.45, 2.75) is 25.8 Å². The van der Waals surface area contributed by atoms with Gasteiger partial charge in [0, 0.05) is 18.7 Å². The average Bonchev–Trinajstić information content (AvgIpc) is 2.27. The minimum absolute atomic E-state index is 0.142. The summed E-state index contributed by atoms with van der Waals surface area (Å²) in [5.41, 5.74) is 5.53. The van der Waals surface area contributed by atoms with E-state index in [0.717, 1.165) is 6.42 Å². The number of nitrogens with zero attached hydrogens (tertiary/aromatic N) is 2. The first-order valence-corrected chi connectivity index (χ1v) is 5.25. The maximum absolute atomic E-state index is 8.88. The van der Waals surface area contributed by atoms with Crippen LogP contribution in [0.4, 0.5) is 11.8 Å². The van der Waals surface area contributed by atoms with E-state index < -0.39 is 0 Å². The van der Waals surface area contributed by atoms with Gasteiger partial charge in [-0.15, -0.1) is 0 Å². The van der Waals surface area contributed by atoms with Crippen molar-refractivity contribution in [3.05, 3.63) is 6.07 Å². The molecule has 0 aliphatic rings. The minimum atomic E-state index is 0.142. The lowest BCUT2D eigenvalue weighted by Crippen LogP contribution is -2.21. The standard InChI is InChI=1S/C10H18N4O2/c1-3-7(4-5-15)12-8-6-9(16-2)14-10(11)13-8/h6-7,15H,3-5H2,1-2H3,(H3,11,12,13,14). The van der Waals surface area contributed by atoms with Crippen LogP contribution in [-0.2, 0) is 0 Å². The first-order chi connectivity index (χ1) is 7.69. The normalized spacial score (nSPS) is 12.2. The number of methoxy groups -OCH3 is 1. The Morgan fingerprint density at radius 1 is 1.56 bits per heavy atom. The highest BCUT2D eigenvalue weighted by Crippen LogP contribution is 2.16. The van der Waals surface area contributed by atoms with E-state index >= 15 is 0 Å². The fraction of sp³-hybridized carbons (Fsp3) is 0.600. The lowest BCUT2D eigenvalue weighted by Gasteiger charge is -2.16. The number of aliphatic hydroxyl groups is 1. The predicted molar refractivity (Wildman–Crippen MR) is 62.4 cm³/mol. The maximum atomic E-state index is 8.88. The number of anilines is 2. The van der Waals surface area contributed by atoms with Crippen molar-refractivity contribution in [2.75, 3.05) is 24.8 Å². The van der Waals surface area contributed by atoms with Crippen LogP contribution in [0.15, 0.2) is 6.07 Å². The largest absolute Gasteiger partial charge is 0.481 e. The van der Waals surface area contributed by atoms with Crippen LogP contribution in [0.5, 0.6) is 5.88 Å². The summed E-state index contributed by atoms with van der Waals surface area (Å²) in [5, 5.41) is 12.1. The van der Waals surface area contributed by atoms with Gasteiger partial charge in [0.25, 0.3) is 0 Å². The third kappa shape index (κ3) is 3.54. The molecule has 6 nitrogen and oxygen atoms in total. The number of nitrogen functional groups attached to an aromatic ring is 1. The van der Waals surface area contributed by atoms with Gasteiger partial charge in [0.15, 0.2) is 0 Å². The Balaban J connectivity index is 2.74. The SMILES string of the molecule is CCC(CCO)Nc1cc(OC)nc(N)n1. The Morgan fingerprint density at radius 3 is 2.88 bits per heavy atom. The van der Waals surface area contributed by atoms with Crippen molar-refractivity contribution in [3.8, 4) is 5.88 Å². The molecule has 0 aliphatic carbocycles. The van der Waals surface area contributed by atoms with Crippen molar-refractivity contribution in [2.24, 2.45) is 0 Å². The van der Waals surface area contributed by atoms with Gasteiger partial charge in [-0.25, -0.2) is 0 Å². The molecule has 0 aliphatic heterocycles. The van der Waals surface area contributed by atoms with Crippen LogP contribution in [0, 0.1) is 0 Å². The Labute approximate surface area is 94.9 Å². The van der Waals surface area contributed by atoms with Gasteiger partial charge in [-0.1, -0.05) is 6.92 Å². The van der Waals surface area contributed by atoms with Gasteiger partial charge in [0.2, 0.25) is 11.8 Å². The van der Waals surface area contributed by atoms with Crippen LogP contribution in [0.25, 0.3) is 0 Å². The molecule has 1 unspecified atom stereocenters. The van der Waals surface area contributed by atoms with Crippen LogP contribution in [0.3, 0.4) is 0 Å². The molecule has 16 heavy (non-hydrogen) atoms. The van der Waals surface area contributed by atoms with Gasteiger partial charge in [0.05, 0.1) is 7.11 Å². The number of hydrogen-bond donors (Lipinski definition) is 3. The summed E-state index contributed by atoms with van der Waals surface area (Å²) in [4.78, 5) is 7.93. The second kappa shape index (κ2) is 6.12. The second-order valence-corrected chi connectivity index (χ2v) is 3.42. The van der Waals surface area contributed by atoms with E-state index in [9.17, 15) is 0 Å². The number of nitrogens with two attached hydrogens (primary N) is 1. The molecule has 4 N–H and O–H groups in total. The van der Waals surface area contributed by atoms with E-state index in [2.05, 4.69) is 15.3 Å². The molecule has 0 spiro atoms. The summed E-state index contributed by atoms with van der Waals surface area (Å²) in [6.45, 7) is 2.18. The molecule has 1 rings (SSSR count). The molecular formula is C10H18N4O2. The zero-order chi connectivity index (χ0) is 12.0. The summed E-state index contributed by atoms with van der Waals surface area (Å²) in [6, 6.07) is 1.85. The molecular weight excluding hydrogens is 208 g/mol. The average molecular weight is 226 g/mol. The highest BCUT2D eigenvalue weighted by atomic mass is 16.5. The molecule has 0 radical (unpaired) electrons. The summed E-state index contributed by atoms with van der Waals surface area (Å²) < 4.78 is 4.99. The van der Waals surface area contributed by atoms with Crippen LogP contribution >= 0.6 is 0 Å². The molecule has 90 valence electrons. The molecule has 6 heteroatoms. The quantitative estimate of drug-likeness (QED) is 0.659. The van der Waals surface area contributed by atoms with E-state index in [1.54, 1.807) is 6.07 Å². The third-order valence-electron chi connectivity index (χ3n) is 2.25. The lowest BCUT2D eigenvalue weighted by atomic mass is 10.1. The lowest BCUT2D eigenvalue weighted by molar-refractivity contribution is 0.278. The Kier molecular flexibility index (Phi) is 4.78. The van der Waals surface area contributed by atoms with Crippen molar-refractivity contribution < 1.29 is 9.84 Å². The summed E-state index contributed by atoms with van der Waals surface area (Å²) in [7, 11) is 1.52. The van der Waals surface area contributed by atoms with Gasteiger partial charge < -0.3 is 20.9 Å². The van der Waals surface area contributed by atoms with Crippen LogP contribution < -0.4 is 15.8 Å². The highest BCUT2D eigenvalue weighted by molar-refractivity contribution is 5.43. The van der Waals surface area contributed by atoms with Gasteiger partial charge in [-0.3, -0.25) is 0 Å². The highest BCUT2D eigenvalue weighted by Gasteiger charge is 2.08. The van der Waals surface area contributed by atoms with Crippen LogP contribution in [0.2, 0.25) is 0 Å². The molecule has 0 fully saturated rings. The summed E-state index contributed by atoms with van der Waals surface area (Å²) in [5.74, 6) is 1.21. The first-order valence-electron chi connectivity index (χ1n) is 5.25. The van der Waals surface area contributed by atoms with Crippen molar-refractivity contribution in [1.82, 2.24) is 9.97 Å².